The van der Waals surface area contributed by atoms with E-state index in [1.807, 2.05) is 12.3 Å². The number of aromatic nitrogens is 1. The fourth-order valence-electron chi connectivity index (χ4n) is 3.39. The molecule has 0 amide bonds. The molecule has 0 aromatic carbocycles. The number of carbonyl (C=O) groups excluding carboxylic acids is 1. The Kier molecular flexibility index (Phi) is 4.57. The summed E-state index contributed by atoms with van der Waals surface area (Å²) < 4.78 is 5.49. The Hall–Kier alpha value is -1.62. The van der Waals surface area contributed by atoms with Crippen LogP contribution in [0.15, 0.2) is 12.3 Å². The molecule has 2 heterocycles. The second-order valence-corrected chi connectivity index (χ2v) is 7.30. The molecule has 1 aromatic rings. The first-order valence-electron chi connectivity index (χ1n) is 8.62. The Morgan fingerprint density at radius 2 is 2.13 bits per heavy atom. The van der Waals surface area contributed by atoms with Gasteiger partial charge in [0.25, 0.3) is 0 Å². The van der Waals surface area contributed by atoms with Crippen molar-refractivity contribution < 1.29 is 9.53 Å². The van der Waals surface area contributed by atoms with E-state index in [1.54, 1.807) is 0 Å². The van der Waals surface area contributed by atoms with Crippen molar-refractivity contribution in [3.05, 3.63) is 17.8 Å². The number of rotatable bonds is 6. The summed E-state index contributed by atoms with van der Waals surface area (Å²) in [6, 6.07) is 2.38. The standard InChI is InChI=1S/C18H27N3O2/c1-13(2)11-21(15-3-7-23-8-4-15)17-16(19)9-14(10-20-17)18(12-22)5-6-18/h9-10,12-13,15H,3-8,11,19H2,1-2H3. The fourth-order valence-corrected chi connectivity index (χ4v) is 3.39. The minimum atomic E-state index is -0.318. The number of hydrogen-bond donors (Lipinski definition) is 1. The molecule has 0 radical (unpaired) electrons. The van der Waals surface area contributed by atoms with Crippen LogP contribution in [-0.4, -0.2) is 37.1 Å². The van der Waals surface area contributed by atoms with Crippen molar-refractivity contribution in [1.29, 1.82) is 0 Å². The van der Waals surface area contributed by atoms with E-state index in [-0.39, 0.29) is 5.41 Å². The maximum atomic E-state index is 11.3. The molecule has 1 aliphatic heterocycles. The van der Waals surface area contributed by atoms with Crippen LogP contribution in [0.5, 0.6) is 0 Å². The van der Waals surface area contributed by atoms with Gasteiger partial charge in [0, 0.05) is 32.0 Å². The SMILES string of the molecule is CC(C)CN(c1ncc(C2(C=O)CC2)cc1N)C1CCOCC1. The summed E-state index contributed by atoms with van der Waals surface area (Å²) in [7, 11) is 0. The monoisotopic (exact) mass is 317 g/mol. The van der Waals surface area contributed by atoms with E-state index in [0.717, 1.165) is 63.1 Å². The molecule has 1 aliphatic carbocycles. The summed E-state index contributed by atoms with van der Waals surface area (Å²) in [5, 5.41) is 0. The molecular formula is C18H27N3O2. The van der Waals surface area contributed by atoms with Crippen molar-refractivity contribution in [2.75, 3.05) is 30.4 Å². The first-order chi connectivity index (χ1) is 11.1. The number of aldehydes is 1. The Bertz CT molecular complexity index is 563. The number of anilines is 2. The first-order valence-corrected chi connectivity index (χ1v) is 8.62. The fraction of sp³-hybridized carbons (Fsp3) is 0.667. The molecule has 3 rings (SSSR count). The van der Waals surface area contributed by atoms with Gasteiger partial charge in [-0.1, -0.05) is 13.8 Å². The number of hydrogen-bond acceptors (Lipinski definition) is 5. The highest BCUT2D eigenvalue weighted by atomic mass is 16.5. The summed E-state index contributed by atoms with van der Waals surface area (Å²) in [5.41, 5.74) is 7.66. The number of carbonyl (C=O) groups is 1. The largest absolute Gasteiger partial charge is 0.396 e. The maximum Gasteiger partial charge on any atom is 0.152 e. The molecule has 5 nitrogen and oxygen atoms in total. The van der Waals surface area contributed by atoms with Gasteiger partial charge in [0.05, 0.1) is 11.1 Å². The van der Waals surface area contributed by atoms with Crippen molar-refractivity contribution in [2.45, 2.75) is 51.0 Å². The van der Waals surface area contributed by atoms with E-state index in [2.05, 4.69) is 23.7 Å². The van der Waals surface area contributed by atoms with Crippen LogP contribution in [-0.2, 0) is 14.9 Å². The van der Waals surface area contributed by atoms with E-state index < -0.39 is 0 Å². The van der Waals surface area contributed by atoms with Gasteiger partial charge in [0.1, 0.15) is 6.29 Å². The van der Waals surface area contributed by atoms with Crippen LogP contribution < -0.4 is 10.6 Å². The Morgan fingerprint density at radius 1 is 1.43 bits per heavy atom. The van der Waals surface area contributed by atoms with E-state index in [4.69, 9.17) is 10.5 Å². The smallest absolute Gasteiger partial charge is 0.152 e. The van der Waals surface area contributed by atoms with E-state index >= 15 is 0 Å². The van der Waals surface area contributed by atoms with E-state index in [0.29, 0.717) is 17.6 Å². The van der Waals surface area contributed by atoms with Gasteiger partial charge in [-0.2, -0.15) is 0 Å². The lowest BCUT2D eigenvalue weighted by molar-refractivity contribution is -0.109. The summed E-state index contributed by atoms with van der Waals surface area (Å²) >= 11 is 0. The Morgan fingerprint density at radius 3 is 2.65 bits per heavy atom. The molecule has 2 N–H and O–H groups in total. The van der Waals surface area contributed by atoms with Crippen LogP contribution in [0.25, 0.3) is 0 Å². The lowest BCUT2D eigenvalue weighted by Gasteiger charge is -2.37. The third kappa shape index (κ3) is 3.34. The van der Waals surface area contributed by atoms with Crippen LogP contribution in [0.2, 0.25) is 0 Å². The van der Waals surface area contributed by atoms with Crippen LogP contribution in [0, 0.1) is 5.92 Å². The van der Waals surface area contributed by atoms with E-state index in [1.165, 1.54) is 0 Å². The van der Waals surface area contributed by atoms with Crippen LogP contribution in [0.4, 0.5) is 11.5 Å². The number of nitrogens with zero attached hydrogens (tertiary/aromatic N) is 2. The minimum absolute atomic E-state index is 0.318. The molecule has 0 bridgehead atoms. The van der Waals surface area contributed by atoms with Crippen LogP contribution >= 0.6 is 0 Å². The van der Waals surface area contributed by atoms with Gasteiger partial charge >= 0.3 is 0 Å². The van der Waals surface area contributed by atoms with Crippen molar-refractivity contribution >= 4 is 17.8 Å². The van der Waals surface area contributed by atoms with Crippen molar-refractivity contribution in [2.24, 2.45) is 5.92 Å². The van der Waals surface area contributed by atoms with Crippen molar-refractivity contribution in [1.82, 2.24) is 4.98 Å². The highest BCUT2D eigenvalue weighted by Gasteiger charge is 2.45. The van der Waals surface area contributed by atoms with Gasteiger partial charge in [0.2, 0.25) is 0 Å². The first kappa shape index (κ1) is 16.2. The third-order valence-electron chi connectivity index (χ3n) is 4.95. The highest BCUT2D eigenvalue weighted by molar-refractivity contribution is 5.75. The predicted molar refractivity (Wildman–Crippen MR) is 91.7 cm³/mol. The number of nitrogen functional groups attached to an aromatic ring is 1. The topological polar surface area (TPSA) is 68.5 Å². The van der Waals surface area contributed by atoms with Crippen molar-refractivity contribution in [3.8, 4) is 0 Å². The number of nitrogens with two attached hydrogens (primary N) is 1. The molecule has 5 heteroatoms. The van der Waals surface area contributed by atoms with Gasteiger partial charge in [-0.3, -0.25) is 0 Å². The number of pyridine rings is 1. The van der Waals surface area contributed by atoms with Gasteiger partial charge in [0.15, 0.2) is 5.82 Å². The molecule has 1 saturated carbocycles. The maximum absolute atomic E-state index is 11.3. The second-order valence-electron chi connectivity index (χ2n) is 7.30. The zero-order chi connectivity index (χ0) is 16.4. The molecule has 0 atom stereocenters. The second kappa shape index (κ2) is 6.48. The van der Waals surface area contributed by atoms with Crippen LogP contribution in [0.1, 0.15) is 45.1 Å². The minimum Gasteiger partial charge on any atom is -0.396 e. The summed E-state index contributed by atoms with van der Waals surface area (Å²) in [4.78, 5) is 18.3. The highest BCUT2D eigenvalue weighted by Crippen LogP contribution is 2.47. The Labute approximate surface area is 138 Å². The summed E-state index contributed by atoms with van der Waals surface area (Å²) in [6.45, 7) is 6.95. The van der Waals surface area contributed by atoms with Gasteiger partial charge < -0.3 is 20.2 Å². The molecule has 1 aromatic heterocycles. The molecule has 0 spiro atoms. The van der Waals surface area contributed by atoms with Crippen molar-refractivity contribution in [3.63, 3.8) is 0 Å². The number of ether oxygens (including phenoxy) is 1. The quantitative estimate of drug-likeness (QED) is 0.817. The normalized spacial score (nSPS) is 20.5. The predicted octanol–water partition coefficient (Wildman–Crippen LogP) is 2.54. The lowest BCUT2D eigenvalue weighted by Crippen LogP contribution is -2.42. The molecule has 0 unspecified atom stereocenters. The molecule has 126 valence electrons. The van der Waals surface area contributed by atoms with E-state index in [9.17, 15) is 4.79 Å². The van der Waals surface area contributed by atoms with Gasteiger partial charge in [-0.15, -0.1) is 0 Å². The third-order valence-corrected chi connectivity index (χ3v) is 4.95. The molecule has 23 heavy (non-hydrogen) atoms. The molecule has 2 aliphatic rings. The van der Waals surface area contributed by atoms with Crippen LogP contribution in [0.3, 0.4) is 0 Å². The lowest BCUT2D eigenvalue weighted by atomic mass is 9.99. The Balaban J connectivity index is 1.87. The average molecular weight is 317 g/mol. The molecule has 1 saturated heterocycles. The zero-order valence-corrected chi connectivity index (χ0v) is 14.1. The summed E-state index contributed by atoms with van der Waals surface area (Å²) in [6.07, 6.45) is 6.73. The average Bonchev–Trinajstić information content (AvgIpc) is 3.35. The van der Waals surface area contributed by atoms with Gasteiger partial charge in [-0.25, -0.2) is 4.98 Å². The zero-order valence-electron chi connectivity index (χ0n) is 14.1. The molecular weight excluding hydrogens is 290 g/mol. The summed E-state index contributed by atoms with van der Waals surface area (Å²) in [5.74, 6) is 1.39. The molecule has 2 fully saturated rings. The van der Waals surface area contributed by atoms with Gasteiger partial charge in [-0.05, 0) is 43.2 Å².